The molecule has 0 radical (unpaired) electrons. The molecule has 1 aromatic rings. The van der Waals surface area contributed by atoms with Gasteiger partial charge in [0.2, 0.25) is 11.8 Å². The topological polar surface area (TPSA) is 73.3 Å². The first-order chi connectivity index (χ1) is 16.4. The van der Waals surface area contributed by atoms with Crippen LogP contribution in [0.3, 0.4) is 0 Å². The largest absolute Gasteiger partial charge is 0.392 e. The zero-order valence-electron chi connectivity index (χ0n) is 19.8. The zero-order valence-corrected chi connectivity index (χ0v) is 20.6. The van der Waals surface area contributed by atoms with Crippen LogP contribution in [-0.2, 0) is 14.3 Å². The minimum Gasteiger partial charge on any atom is -0.392 e. The quantitative estimate of drug-likeness (QED) is 0.421. The van der Waals surface area contributed by atoms with Crippen LogP contribution < -0.4 is 0 Å². The summed E-state index contributed by atoms with van der Waals surface area (Å²) in [6.07, 6.45) is 6.53. The number of β-amino-alcohol motifs (C(OH)–C–C–N with tert-alkyl or cyclic N) is 1. The molecule has 2 aliphatic rings. The number of carbonyl (C=O) groups excluding carboxylic acids is 2. The Morgan fingerprint density at radius 1 is 1.24 bits per heavy atom. The summed E-state index contributed by atoms with van der Waals surface area (Å²) in [5.41, 5.74) is 0.553. The number of carbonyl (C=O) groups is 2. The number of methoxy groups -OCH3 is 1. The minimum atomic E-state index is -0.530. The summed E-state index contributed by atoms with van der Waals surface area (Å²) in [7, 11) is 1.70. The van der Waals surface area contributed by atoms with E-state index in [1.165, 1.54) is 18.2 Å². The molecule has 2 unspecified atom stereocenters. The van der Waals surface area contributed by atoms with Crippen molar-refractivity contribution in [2.24, 2.45) is 0 Å². The third-order valence-corrected chi connectivity index (χ3v) is 6.85. The number of piperidine rings is 1. The number of ether oxygens (including phenoxy) is 1. The van der Waals surface area contributed by atoms with E-state index in [4.69, 9.17) is 16.3 Å². The molecule has 1 N–H and O–H groups in total. The van der Waals surface area contributed by atoms with Gasteiger partial charge in [0.1, 0.15) is 5.82 Å². The van der Waals surface area contributed by atoms with E-state index in [9.17, 15) is 19.1 Å². The normalized spacial score (nSPS) is 22.4. The number of rotatable bonds is 9. The Balaban J connectivity index is 1.43. The fraction of sp³-hybridized carbons (Fsp3) is 0.600. The van der Waals surface area contributed by atoms with Gasteiger partial charge in [0.05, 0.1) is 17.7 Å². The SMILES string of the molecule is COCC1CCC(O)CN1CCCCN1CCN(C(=O)C=Cc2ccc(Cl)c(F)c2)CCC1=O. The van der Waals surface area contributed by atoms with Crippen LogP contribution in [0.5, 0.6) is 0 Å². The third-order valence-electron chi connectivity index (χ3n) is 6.54. The second kappa shape index (κ2) is 13.2. The summed E-state index contributed by atoms with van der Waals surface area (Å²) >= 11 is 5.69. The molecule has 3 rings (SSSR count). The summed E-state index contributed by atoms with van der Waals surface area (Å²) in [5, 5.41) is 10.0. The Kier molecular flexibility index (Phi) is 10.3. The standard InChI is InChI=1S/C25H35ClFN3O4/c1-34-18-20-6-7-21(31)17-30(20)12-3-2-11-28-14-15-29(13-10-25(28)33)24(32)9-5-19-4-8-22(26)23(27)16-19/h4-5,8-9,16,20-21,31H,2-3,6-7,10-15,17-18H2,1H3. The molecule has 0 bridgehead atoms. The number of halogens is 2. The molecule has 34 heavy (non-hydrogen) atoms. The molecule has 0 spiro atoms. The van der Waals surface area contributed by atoms with Gasteiger partial charge in [0, 0.05) is 58.4 Å². The Bertz CT molecular complexity index is 869. The maximum Gasteiger partial charge on any atom is 0.246 e. The minimum absolute atomic E-state index is 0.0397. The second-order valence-corrected chi connectivity index (χ2v) is 9.41. The van der Waals surface area contributed by atoms with Gasteiger partial charge >= 0.3 is 0 Å². The molecular formula is C25H35ClFN3O4. The zero-order chi connectivity index (χ0) is 24.5. The van der Waals surface area contributed by atoms with Gasteiger partial charge in [0.25, 0.3) is 0 Å². The van der Waals surface area contributed by atoms with Crippen molar-refractivity contribution < 1.29 is 23.8 Å². The van der Waals surface area contributed by atoms with Gasteiger partial charge < -0.3 is 19.6 Å². The Labute approximate surface area is 206 Å². The van der Waals surface area contributed by atoms with Crippen LogP contribution in [0.25, 0.3) is 6.08 Å². The van der Waals surface area contributed by atoms with Crippen molar-refractivity contribution in [3.8, 4) is 0 Å². The number of likely N-dealkylation sites (tertiary alicyclic amines) is 1. The maximum atomic E-state index is 13.6. The predicted octanol–water partition coefficient (Wildman–Crippen LogP) is 2.81. The van der Waals surface area contributed by atoms with Crippen LogP contribution in [0.4, 0.5) is 4.39 Å². The van der Waals surface area contributed by atoms with Crippen molar-refractivity contribution in [2.75, 3.05) is 53.0 Å². The van der Waals surface area contributed by atoms with Gasteiger partial charge in [-0.1, -0.05) is 17.7 Å². The number of aliphatic hydroxyl groups excluding tert-OH is 1. The van der Waals surface area contributed by atoms with Crippen molar-refractivity contribution in [1.29, 1.82) is 0 Å². The highest BCUT2D eigenvalue weighted by atomic mass is 35.5. The molecule has 0 saturated carbocycles. The summed E-state index contributed by atoms with van der Waals surface area (Å²) in [6.45, 7) is 4.21. The first kappa shape index (κ1) is 26.6. The summed E-state index contributed by atoms with van der Waals surface area (Å²) in [5.74, 6) is -0.666. The Hall–Kier alpha value is -2.00. The smallest absolute Gasteiger partial charge is 0.246 e. The molecule has 0 aromatic heterocycles. The molecule has 2 amide bonds. The summed E-state index contributed by atoms with van der Waals surface area (Å²) < 4.78 is 18.9. The number of benzene rings is 1. The van der Waals surface area contributed by atoms with Crippen LogP contribution in [0.2, 0.25) is 5.02 Å². The molecule has 2 fully saturated rings. The lowest BCUT2D eigenvalue weighted by Crippen LogP contribution is -2.48. The lowest BCUT2D eigenvalue weighted by molar-refractivity contribution is -0.130. The van der Waals surface area contributed by atoms with Crippen molar-refractivity contribution in [3.63, 3.8) is 0 Å². The highest BCUT2D eigenvalue weighted by Crippen LogP contribution is 2.19. The number of hydrogen-bond donors (Lipinski definition) is 1. The maximum absolute atomic E-state index is 13.6. The molecule has 2 aliphatic heterocycles. The van der Waals surface area contributed by atoms with E-state index in [1.807, 2.05) is 4.90 Å². The van der Waals surface area contributed by atoms with Crippen LogP contribution >= 0.6 is 11.6 Å². The first-order valence-electron chi connectivity index (χ1n) is 12.0. The molecule has 2 saturated heterocycles. The number of aliphatic hydroxyl groups is 1. The van der Waals surface area contributed by atoms with E-state index >= 15 is 0 Å². The molecule has 188 valence electrons. The molecule has 9 heteroatoms. The predicted molar refractivity (Wildman–Crippen MR) is 130 cm³/mol. The van der Waals surface area contributed by atoms with Crippen LogP contribution in [-0.4, -0.2) is 96.8 Å². The van der Waals surface area contributed by atoms with Gasteiger partial charge in [-0.15, -0.1) is 0 Å². The van der Waals surface area contributed by atoms with Crippen molar-refractivity contribution in [2.45, 2.75) is 44.2 Å². The summed E-state index contributed by atoms with van der Waals surface area (Å²) in [6, 6.07) is 4.71. The number of unbranched alkanes of at least 4 members (excludes halogenated alkanes) is 1. The molecule has 7 nitrogen and oxygen atoms in total. The van der Waals surface area contributed by atoms with E-state index in [-0.39, 0.29) is 22.9 Å². The van der Waals surface area contributed by atoms with E-state index in [0.717, 1.165) is 32.2 Å². The Morgan fingerprint density at radius 2 is 2.03 bits per heavy atom. The van der Waals surface area contributed by atoms with E-state index < -0.39 is 5.82 Å². The molecular weight excluding hydrogens is 461 g/mol. The van der Waals surface area contributed by atoms with E-state index in [1.54, 1.807) is 24.2 Å². The first-order valence-corrected chi connectivity index (χ1v) is 12.4. The van der Waals surface area contributed by atoms with Crippen LogP contribution in [0, 0.1) is 5.82 Å². The van der Waals surface area contributed by atoms with Gasteiger partial charge in [0.15, 0.2) is 0 Å². The lowest BCUT2D eigenvalue weighted by Gasteiger charge is -2.37. The Morgan fingerprint density at radius 3 is 2.79 bits per heavy atom. The number of amides is 2. The van der Waals surface area contributed by atoms with Gasteiger partial charge in [-0.25, -0.2) is 4.39 Å². The van der Waals surface area contributed by atoms with Crippen LogP contribution in [0.15, 0.2) is 24.3 Å². The highest BCUT2D eigenvalue weighted by molar-refractivity contribution is 6.30. The average Bonchev–Trinajstić information content (AvgIpc) is 3.00. The lowest BCUT2D eigenvalue weighted by atomic mass is 10.00. The van der Waals surface area contributed by atoms with Crippen molar-refractivity contribution >= 4 is 29.5 Å². The van der Waals surface area contributed by atoms with Crippen molar-refractivity contribution in [1.82, 2.24) is 14.7 Å². The fourth-order valence-electron chi connectivity index (χ4n) is 4.56. The second-order valence-electron chi connectivity index (χ2n) is 9.01. The van der Waals surface area contributed by atoms with Crippen molar-refractivity contribution in [3.05, 3.63) is 40.7 Å². The molecule has 0 aliphatic carbocycles. The van der Waals surface area contributed by atoms with E-state index in [2.05, 4.69) is 4.90 Å². The number of hydrogen-bond acceptors (Lipinski definition) is 5. The monoisotopic (exact) mass is 495 g/mol. The van der Waals surface area contributed by atoms with E-state index in [0.29, 0.717) is 57.4 Å². The molecule has 2 heterocycles. The van der Waals surface area contributed by atoms with Gasteiger partial charge in [-0.3, -0.25) is 14.5 Å². The molecule has 2 atom stereocenters. The van der Waals surface area contributed by atoms with Crippen LogP contribution in [0.1, 0.15) is 37.7 Å². The molecule has 1 aromatic carbocycles. The number of nitrogens with zero attached hydrogens (tertiary/aromatic N) is 3. The fourth-order valence-corrected chi connectivity index (χ4v) is 4.68. The third kappa shape index (κ3) is 7.77. The highest BCUT2D eigenvalue weighted by Gasteiger charge is 2.27. The summed E-state index contributed by atoms with van der Waals surface area (Å²) in [4.78, 5) is 30.9. The average molecular weight is 496 g/mol. The van der Waals surface area contributed by atoms with Gasteiger partial charge in [-0.2, -0.15) is 0 Å². The van der Waals surface area contributed by atoms with Gasteiger partial charge in [-0.05, 0) is 56.0 Å².